The molecule has 1 aromatic heterocycles. The van der Waals surface area contributed by atoms with Gasteiger partial charge in [-0.1, -0.05) is 6.92 Å². The summed E-state index contributed by atoms with van der Waals surface area (Å²) in [5.74, 6) is 0. The van der Waals surface area contributed by atoms with Crippen molar-refractivity contribution in [1.29, 1.82) is 0 Å². The van der Waals surface area contributed by atoms with Crippen LogP contribution >= 0.6 is 11.3 Å². The normalized spacial score (nSPS) is 15.8. The lowest BCUT2D eigenvalue weighted by Gasteiger charge is -2.15. The highest BCUT2D eigenvalue weighted by molar-refractivity contribution is 7.91. The third-order valence-electron chi connectivity index (χ3n) is 3.55. The van der Waals surface area contributed by atoms with Gasteiger partial charge >= 0.3 is 0 Å². The maximum absolute atomic E-state index is 12.2. The molecule has 0 radical (unpaired) electrons. The highest BCUT2D eigenvalue weighted by Gasteiger charge is 2.26. The maximum atomic E-state index is 12.2. The first kappa shape index (κ1) is 16.9. The van der Waals surface area contributed by atoms with E-state index in [-0.39, 0.29) is 0 Å². The summed E-state index contributed by atoms with van der Waals surface area (Å²) in [7, 11) is -1.31. The molecule has 0 spiro atoms. The van der Waals surface area contributed by atoms with Gasteiger partial charge in [-0.25, -0.2) is 13.1 Å². The predicted octanol–water partition coefficient (Wildman–Crippen LogP) is 1.62. The molecule has 21 heavy (non-hydrogen) atoms. The Morgan fingerprint density at radius 3 is 2.76 bits per heavy atom. The Morgan fingerprint density at radius 2 is 2.10 bits per heavy atom. The van der Waals surface area contributed by atoms with E-state index in [2.05, 4.69) is 28.9 Å². The number of rotatable bonds is 10. The van der Waals surface area contributed by atoms with E-state index in [1.54, 1.807) is 6.07 Å². The summed E-state index contributed by atoms with van der Waals surface area (Å²) in [6.45, 7) is 5.03. The summed E-state index contributed by atoms with van der Waals surface area (Å²) >= 11 is 1.34. The zero-order valence-corrected chi connectivity index (χ0v) is 14.4. The minimum absolute atomic E-state index is 0.407. The molecule has 1 saturated carbocycles. The third-order valence-corrected chi connectivity index (χ3v) is 6.59. The zero-order chi connectivity index (χ0) is 15.3. The maximum Gasteiger partial charge on any atom is 0.250 e. The van der Waals surface area contributed by atoms with Crippen LogP contribution in [0.25, 0.3) is 0 Å². The molecular formula is C14H25N3O2S2. The van der Waals surface area contributed by atoms with E-state index in [0.29, 0.717) is 16.8 Å². The summed E-state index contributed by atoms with van der Waals surface area (Å²) < 4.78 is 27.5. The summed E-state index contributed by atoms with van der Waals surface area (Å²) in [5.41, 5.74) is 0. The first-order valence-electron chi connectivity index (χ1n) is 7.52. The van der Waals surface area contributed by atoms with E-state index in [1.165, 1.54) is 24.2 Å². The molecule has 0 saturated heterocycles. The van der Waals surface area contributed by atoms with Gasteiger partial charge in [-0.3, -0.25) is 0 Å². The summed E-state index contributed by atoms with van der Waals surface area (Å²) in [5, 5.41) is 3.28. The van der Waals surface area contributed by atoms with Gasteiger partial charge in [0.25, 0.3) is 0 Å². The van der Waals surface area contributed by atoms with Crippen LogP contribution in [0.1, 0.15) is 31.1 Å². The predicted molar refractivity (Wildman–Crippen MR) is 87.2 cm³/mol. The first-order chi connectivity index (χ1) is 10.0. The Hall–Kier alpha value is -0.470. The fraction of sp³-hybridized carbons (Fsp3) is 0.714. The van der Waals surface area contributed by atoms with Crippen molar-refractivity contribution in [3.8, 4) is 0 Å². The van der Waals surface area contributed by atoms with Crippen LogP contribution in [-0.2, 0) is 16.6 Å². The van der Waals surface area contributed by atoms with Crippen LogP contribution in [0.5, 0.6) is 0 Å². The van der Waals surface area contributed by atoms with Gasteiger partial charge in [0.2, 0.25) is 10.0 Å². The molecule has 1 heterocycles. The van der Waals surface area contributed by atoms with Crippen molar-refractivity contribution in [2.24, 2.45) is 0 Å². The third kappa shape index (κ3) is 5.34. The highest BCUT2D eigenvalue weighted by Crippen LogP contribution is 2.25. The fourth-order valence-corrected chi connectivity index (χ4v) is 4.50. The Kier molecular flexibility index (Phi) is 6.19. The molecule has 1 aromatic rings. The smallest absolute Gasteiger partial charge is 0.250 e. The van der Waals surface area contributed by atoms with Crippen LogP contribution in [0, 0.1) is 0 Å². The van der Waals surface area contributed by atoms with E-state index in [1.807, 2.05) is 6.07 Å². The molecule has 0 unspecified atom stereocenters. The molecule has 0 amide bonds. The molecule has 2 rings (SSSR count). The molecular weight excluding hydrogens is 306 g/mol. The molecule has 0 bridgehead atoms. The standard InChI is InChI=1S/C14H25N3O2S2/c1-3-8-15-11-13-6-7-14(20-13)21(18,19)16-9-10-17(2)12-4-5-12/h6-7,12,15-16H,3-5,8-11H2,1-2H3. The SMILES string of the molecule is CCCNCc1ccc(S(=O)(=O)NCCN(C)C2CC2)s1. The van der Waals surface area contributed by atoms with Gasteiger partial charge in [-0.15, -0.1) is 11.3 Å². The van der Waals surface area contributed by atoms with Gasteiger partial charge < -0.3 is 10.2 Å². The largest absolute Gasteiger partial charge is 0.312 e. The molecule has 1 fully saturated rings. The van der Waals surface area contributed by atoms with E-state index >= 15 is 0 Å². The monoisotopic (exact) mass is 331 g/mol. The second-order valence-corrected chi connectivity index (χ2v) is 8.67. The summed E-state index contributed by atoms with van der Waals surface area (Å²) in [6, 6.07) is 4.24. The Labute approximate surface area is 131 Å². The Balaban J connectivity index is 1.80. The van der Waals surface area contributed by atoms with Crippen molar-refractivity contribution in [2.75, 3.05) is 26.7 Å². The topological polar surface area (TPSA) is 61.4 Å². The van der Waals surface area contributed by atoms with Crippen LogP contribution < -0.4 is 10.0 Å². The van der Waals surface area contributed by atoms with Crippen LogP contribution in [-0.4, -0.2) is 46.0 Å². The second-order valence-electron chi connectivity index (χ2n) is 5.51. The quantitative estimate of drug-likeness (QED) is 0.640. The molecule has 5 nitrogen and oxygen atoms in total. The molecule has 0 aliphatic heterocycles. The number of nitrogens with one attached hydrogen (secondary N) is 2. The van der Waals surface area contributed by atoms with Crippen molar-refractivity contribution >= 4 is 21.4 Å². The molecule has 2 N–H and O–H groups in total. The van der Waals surface area contributed by atoms with E-state index in [4.69, 9.17) is 0 Å². The van der Waals surface area contributed by atoms with Gasteiger partial charge in [0.15, 0.2) is 0 Å². The van der Waals surface area contributed by atoms with Crippen LogP contribution in [0.4, 0.5) is 0 Å². The van der Waals surface area contributed by atoms with Gasteiger partial charge in [0.1, 0.15) is 4.21 Å². The van der Waals surface area contributed by atoms with Gasteiger partial charge in [-0.2, -0.15) is 0 Å². The van der Waals surface area contributed by atoms with Crippen molar-refractivity contribution in [3.63, 3.8) is 0 Å². The van der Waals surface area contributed by atoms with Gasteiger partial charge in [0, 0.05) is 30.6 Å². The number of nitrogens with zero attached hydrogens (tertiary/aromatic N) is 1. The van der Waals surface area contributed by atoms with Gasteiger partial charge in [0.05, 0.1) is 0 Å². The first-order valence-corrected chi connectivity index (χ1v) is 9.82. The highest BCUT2D eigenvalue weighted by atomic mass is 32.2. The average Bonchev–Trinajstić information content (AvgIpc) is 3.18. The Morgan fingerprint density at radius 1 is 1.33 bits per heavy atom. The number of sulfonamides is 1. The summed E-state index contributed by atoms with van der Waals surface area (Å²) in [4.78, 5) is 3.27. The number of thiophene rings is 1. The minimum Gasteiger partial charge on any atom is -0.312 e. The number of likely N-dealkylation sites (N-methyl/N-ethyl adjacent to an activating group) is 1. The molecule has 7 heteroatoms. The lowest BCUT2D eigenvalue weighted by atomic mass is 10.4. The average molecular weight is 332 g/mol. The van der Waals surface area contributed by atoms with E-state index in [0.717, 1.165) is 30.9 Å². The van der Waals surface area contributed by atoms with Crippen LogP contribution in [0.2, 0.25) is 0 Å². The van der Waals surface area contributed by atoms with Crippen LogP contribution in [0.3, 0.4) is 0 Å². The number of hydrogen-bond acceptors (Lipinski definition) is 5. The molecule has 120 valence electrons. The Bertz CT molecular complexity index is 538. The molecule has 0 atom stereocenters. The minimum atomic E-state index is -3.36. The van der Waals surface area contributed by atoms with Crippen LogP contribution in [0.15, 0.2) is 16.3 Å². The van der Waals surface area contributed by atoms with Crippen molar-refractivity contribution in [2.45, 2.75) is 43.0 Å². The molecule has 1 aliphatic rings. The van der Waals surface area contributed by atoms with Crippen molar-refractivity contribution in [1.82, 2.24) is 14.9 Å². The van der Waals surface area contributed by atoms with Crippen molar-refractivity contribution in [3.05, 3.63) is 17.0 Å². The second kappa shape index (κ2) is 7.69. The van der Waals surface area contributed by atoms with E-state index < -0.39 is 10.0 Å². The van der Waals surface area contributed by atoms with E-state index in [9.17, 15) is 8.42 Å². The molecule has 1 aliphatic carbocycles. The lowest BCUT2D eigenvalue weighted by molar-refractivity contribution is 0.329. The van der Waals surface area contributed by atoms with Gasteiger partial charge in [-0.05, 0) is 45.0 Å². The van der Waals surface area contributed by atoms with Crippen molar-refractivity contribution < 1.29 is 8.42 Å². The number of hydrogen-bond donors (Lipinski definition) is 2. The lowest BCUT2D eigenvalue weighted by Crippen LogP contribution is -2.33. The fourth-order valence-electron chi connectivity index (χ4n) is 2.11. The zero-order valence-electron chi connectivity index (χ0n) is 12.8. The summed E-state index contributed by atoms with van der Waals surface area (Å²) in [6.07, 6.45) is 3.55. The molecule has 0 aromatic carbocycles.